The van der Waals surface area contributed by atoms with Crippen molar-refractivity contribution in [3.63, 3.8) is 0 Å². The highest BCUT2D eigenvalue weighted by molar-refractivity contribution is 5.23. The molecule has 15 heavy (non-hydrogen) atoms. The first kappa shape index (κ1) is 10.2. The van der Waals surface area contributed by atoms with Crippen molar-refractivity contribution in [2.24, 2.45) is 5.73 Å². The molecular weight excluding hydrogens is 194 g/mol. The van der Waals surface area contributed by atoms with Crippen LogP contribution in [0.25, 0.3) is 0 Å². The van der Waals surface area contributed by atoms with Gasteiger partial charge in [-0.3, -0.25) is 4.79 Å². The van der Waals surface area contributed by atoms with E-state index in [4.69, 9.17) is 5.73 Å². The van der Waals surface area contributed by atoms with Crippen molar-refractivity contribution in [3.05, 3.63) is 21.7 Å². The Morgan fingerprint density at radius 2 is 2.07 bits per heavy atom. The molecule has 0 bridgehead atoms. The third-order valence-corrected chi connectivity index (χ3v) is 3.09. The van der Waals surface area contributed by atoms with Crippen LogP contribution >= 0.6 is 0 Å². The van der Waals surface area contributed by atoms with Crippen molar-refractivity contribution in [2.45, 2.75) is 38.1 Å². The summed E-state index contributed by atoms with van der Waals surface area (Å²) in [7, 11) is 0. The van der Waals surface area contributed by atoms with Gasteiger partial charge in [0.15, 0.2) is 0 Å². The molecule has 5 nitrogen and oxygen atoms in total. The molecule has 0 atom stereocenters. The average molecular weight is 209 g/mol. The summed E-state index contributed by atoms with van der Waals surface area (Å²) in [6, 6.07) is 0. The number of nitrogens with two attached hydrogens (primary N) is 1. The number of hydrogen-bond acceptors (Lipinski definition) is 4. The fraction of sp³-hybridized carbons (Fsp3) is 0.600. The molecule has 0 radical (unpaired) electrons. The van der Waals surface area contributed by atoms with E-state index >= 15 is 0 Å². The highest BCUT2D eigenvalue weighted by atomic mass is 16.3. The van der Waals surface area contributed by atoms with Gasteiger partial charge in [0, 0.05) is 0 Å². The summed E-state index contributed by atoms with van der Waals surface area (Å²) in [5.74, 6) is 0.193. The van der Waals surface area contributed by atoms with E-state index in [1.54, 1.807) is 0 Å². The predicted octanol–water partition coefficient (Wildman–Crippen LogP) is 0.512. The van der Waals surface area contributed by atoms with Crippen molar-refractivity contribution in [2.75, 3.05) is 0 Å². The number of nitrogens with one attached hydrogen (secondary N) is 1. The molecule has 0 spiro atoms. The molecule has 0 aliphatic heterocycles. The van der Waals surface area contributed by atoms with Gasteiger partial charge in [0.25, 0.3) is 5.56 Å². The predicted molar refractivity (Wildman–Crippen MR) is 55.6 cm³/mol. The van der Waals surface area contributed by atoms with Crippen molar-refractivity contribution in [1.82, 2.24) is 9.97 Å². The van der Waals surface area contributed by atoms with E-state index in [0.717, 1.165) is 25.7 Å². The van der Waals surface area contributed by atoms with E-state index in [9.17, 15) is 9.90 Å². The zero-order valence-corrected chi connectivity index (χ0v) is 8.71. The van der Waals surface area contributed by atoms with E-state index in [2.05, 4.69) is 9.97 Å². The molecule has 1 aliphatic carbocycles. The summed E-state index contributed by atoms with van der Waals surface area (Å²) >= 11 is 0. The van der Waals surface area contributed by atoms with Gasteiger partial charge < -0.3 is 15.8 Å². The van der Waals surface area contributed by atoms with Gasteiger partial charge in [0.1, 0.15) is 5.82 Å². The summed E-state index contributed by atoms with van der Waals surface area (Å²) in [5.41, 5.74) is 5.48. The third-order valence-electron chi connectivity index (χ3n) is 3.09. The molecule has 4 N–H and O–H groups in total. The number of rotatable bonds is 1. The van der Waals surface area contributed by atoms with Gasteiger partial charge in [-0.15, -0.1) is 0 Å². The highest BCUT2D eigenvalue weighted by Gasteiger charge is 2.34. The molecule has 5 heteroatoms. The van der Waals surface area contributed by atoms with Crippen LogP contribution in [0.15, 0.2) is 4.79 Å². The van der Waals surface area contributed by atoms with E-state index in [0.29, 0.717) is 5.82 Å². The quantitative estimate of drug-likeness (QED) is 0.628. The van der Waals surface area contributed by atoms with Gasteiger partial charge in [-0.05, 0) is 19.8 Å². The second-order valence-corrected chi connectivity index (χ2v) is 4.23. The van der Waals surface area contributed by atoms with Crippen LogP contribution in [0, 0.1) is 6.92 Å². The first-order chi connectivity index (χ1) is 7.03. The van der Waals surface area contributed by atoms with Crippen LogP contribution in [0.5, 0.6) is 5.88 Å². The van der Waals surface area contributed by atoms with E-state index in [-0.39, 0.29) is 17.0 Å². The van der Waals surface area contributed by atoms with Crippen LogP contribution in [-0.2, 0) is 5.54 Å². The molecule has 82 valence electrons. The number of nitrogens with zero attached hydrogens (tertiary/aromatic N) is 1. The van der Waals surface area contributed by atoms with Crippen LogP contribution in [0.1, 0.15) is 37.1 Å². The molecule has 0 aromatic carbocycles. The molecule has 1 fully saturated rings. The van der Waals surface area contributed by atoms with E-state index in [1.165, 1.54) is 6.92 Å². The van der Waals surface area contributed by atoms with Crippen LogP contribution in [-0.4, -0.2) is 15.1 Å². The fourth-order valence-electron chi connectivity index (χ4n) is 2.00. The second-order valence-electron chi connectivity index (χ2n) is 4.23. The maximum atomic E-state index is 11.4. The van der Waals surface area contributed by atoms with Crippen molar-refractivity contribution >= 4 is 0 Å². The van der Waals surface area contributed by atoms with Crippen molar-refractivity contribution in [3.8, 4) is 5.88 Å². The van der Waals surface area contributed by atoms with E-state index < -0.39 is 5.54 Å². The molecule has 0 amide bonds. The Hall–Kier alpha value is -1.36. The van der Waals surface area contributed by atoms with Crippen LogP contribution < -0.4 is 11.3 Å². The number of aromatic nitrogens is 2. The fourth-order valence-corrected chi connectivity index (χ4v) is 2.00. The summed E-state index contributed by atoms with van der Waals surface area (Å²) in [5, 5.41) is 9.47. The first-order valence-electron chi connectivity index (χ1n) is 5.12. The molecule has 1 heterocycles. The number of hydrogen-bond donors (Lipinski definition) is 3. The van der Waals surface area contributed by atoms with Gasteiger partial charge in [0.2, 0.25) is 5.88 Å². The number of H-pyrrole nitrogens is 1. The Kier molecular flexibility index (Phi) is 2.26. The van der Waals surface area contributed by atoms with Gasteiger partial charge in [-0.1, -0.05) is 12.8 Å². The largest absolute Gasteiger partial charge is 0.493 e. The third kappa shape index (κ3) is 1.63. The Morgan fingerprint density at radius 3 is 2.60 bits per heavy atom. The van der Waals surface area contributed by atoms with Gasteiger partial charge in [0.05, 0.1) is 11.1 Å². The Labute approximate surface area is 87.4 Å². The van der Waals surface area contributed by atoms with Gasteiger partial charge >= 0.3 is 0 Å². The maximum Gasteiger partial charge on any atom is 0.257 e. The van der Waals surface area contributed by atoms with Crippen LogP contribution in [0.2, 0.25) is 0 Å². The molecule has 1 aromatic rings. The maximum absolute atomic E-state index is 11.4. The summed E-state index contributed by atoms with van der Waals surface area (Å²) in [6.45, 7) is 1.53. The van der Waals surface area contributed by atoms with Gasteiger partial charge in [-0.2, -0.15) is 4.98 Å². The van der Waals surface area contributed by atoms with Crippen LogP contribution in [0.4, 0.5) is 0 Å². The minimum Gasteiger partial charge on any atom is -0.493 e. The lowest BCUT2D eigenvalue weighted by Crippen LogP contribution is -2.37. The van der Waals surface area contributed by atoms with E-state index in [1.807, 2.05) is 0 Å². The smallest absolute Gasteiger partial charge is 0.257 e. The molecule has 0 saturated heterocycles. The standard InChI is InChI=1S/C10H15N3O2/c1-6-7(14)12-9(13-8(6)15)10(11)4-2-3-5-10/h2-5,11H2,1H3,(H2,12,13,14,15). The molecule has 1 saturated carbocycles. The van der Waals surface area contributed by atoms with Crippen molar-refractivity contribution < 1.29 is 5.11 Å². The highest BCUT2D eigenvalue weighted by Crippen LogP contribution is 2.34. The Bertz CT molecular complexity index is 433. The second kappa shape index (κ2) is 3.34. The minimum atomic E-state index is -0.565. The molecule has 2 rings (SSSR count). The lowest BCUT2D eigenvalue weighted by Gasteiger charge is -2.22. The SMILES string of the molecule is Cc1c(O)nc(C2(N)CCCC2)[nH]c1=O. The Morgan fingerprint density at radius 1 is 1.47 bits per heavy atom. The summed E-state index contributed by atoms with van der Waals surface area (Å²) < 4.78 is 0. The monoisotopic (exact) mass is 209 g/mol. The van der Waals surface area contributed by atoms with Crippen molar-refractivity contribution in [1.29, 1.82) is 0 Å². The average Bonchev–Trinajstić information content (AvgIpc) is 2.62. The number of aromatic hydroxyl groups is 1. The minimum absolute atomic E-state index is 0.217. The zero-order valence-electron chi connectivity index (χ0n) is 8.71. The lowest BCUT2D eigenvalue weighted by atomic mass is 9.98. The van der Waals surface area contributed by atoms with Gasteiger partial charge in [-0.25, -0.2) is 0 Å². The summed E-state index contributed by atoms with van der Waals surface area (Å²) in [4.78, 5) is 18.1. The molecule has 1 aliphatic rings. The number of aromatic amines is 1. The summed E-state index contributed by atoms with van der Waals surface area (Å²) in [6.07, 6.45) is 3.68. The molecule has 0 unspecified atom stereocenters. The normalized spacial score (nSPS) is 19.3. The molecule has 1 aromatic heterocycles. The molecular formula is C10H15N3O2. The zero-order chi connectivity index (χ0) is 11.1. The van der Waals surface area contributed by atoms with Crippen LogP contribution in [0.3, 0.4) is 0 Å². The lowest BCUT2D eigenvalue weighted by molar-refractivity contribution is 0.398. The Balaban J connectivity index is 2.50. The first-order valence-corrected chi connectivity index (χ1v) is 5.12. The topological polar surface area (TPSA) is 92.0 Å².